The molecule has 18 heavy (non-hydrogen) atoms. The molecule has 0 radical (unpaired) electrons. The number of unbranched alkanes of at least 4 members (excludes halogenated alkanes) is 1. The van der Waals surface area contributed by atoms with Crippen molar-refractivity contribution >= 4 is 17.5 Å². The van der Waals surface area contributed by atoms with E-state index in [-0.39, 0.29) is 11.8 Å². The third kappa shape index (κ3) is 3.09. The van der Waals surface area contributed by atoms with Gasteiger partial charge in [-0.2, -0.15) is 0 Å². The summed E-state index contributed by atoms with van der Waals surface area (Å²) in [5.74, 6) is 0.126. The molecule has 2 N–H and O–H groups in total. The molecule has 2 amide bonds. The summed E-state index contributed by atoms with van der Waals surface area (Å²) in [4.78, 5) is 22.7. The Kier molecular flexibility index (Phi) is 3.97. The molecule has 0 atom stereocenters. The molecule has 1 aliphatic heterocycles. The number of benzene rings is 1. The minimum atomic E-state index is 0.0362. The fraction of sp³-hybridized carbons (Fsp3) is 0.429. The molecule has 1 aromatic carbocycles. The Morgan fingerprint density at radius 2 is 2.28 bits per heavy atom. The highest BCUT2D eigenvalue weighted by Crippen LogP contribution is 2.23. The Hall–Kier alpha value is -1.84. The Labute approximate surface area is 107 Å². The van der Waals surface area contributed by atoms with E-state index in [0.29, 0.717) is 19.4 Å². The van der Waals surface area contributed by atoms with Crippen molar-refractivity contribution in [3.63, 3.8) is 0 Å². The summed E-state index contributed by atoms with van der Waals surface area (Å²) in [5.41, 5.74) is 2.94. The Bertz CT molecular complexity index is 469. The van der Waals surface area contributed by atoms with Crippen molar-refractivity contribution in [2.75, 3.05) is 5.32 Å². The fourth-order valence-electron chi connectivity index (χ4n) is 2.02. The minimum absolute atomic E-state index is 0.0362. The summed E-state index contributed by atoms with van der Waals surface area (Å²) >= 11 is 0. The Balaban J connectivity index is 1.89. The van der Waals surface area contributed by atoms with Crippen molar-refractivity contribution in [2.24, 2.45) is 0 Å². The van der Waals surface area contributed by atoms with Crippen molar-refractivity contribution < 1.29 is 9.59 Å². The quantitative estimate of drug-likeness (QED) is 0.834. The lowest BCUT2D eigenvalue weighted by Crippen LogP contribution is -2.22. The lowest BCUT2D eigenvalue weighted by molar-refractivity contribution is -0.121. The van der Waals surface area contributed by atoms with Gasteiger partial charge in [-0.1, -0.05) is 25.5 Å². The van der Waals surface area contributed by atoms with Crippen LogP contribution in [0.1, 0.15) is 37.3 Å². The van der Waals surface area contributed by atoms with Gasteiger partial charge in [0.1, 0.15) is 0 Å². The maximum atomic E-state index is 11.5. The summed E-state index contributed by atoms with van der Waals surface area (Å²) in [7, 11) is 0. The summed E-state index contributed by atoms with van der Waals surface area (Å²) in [6.45, 7) is 2.60. The van der Waals surface area contributed by atoms with Crippen LogP contribution in [0, 0.1) is 0 Å². The maximum absolute atomic E-state index is 11.5. The lowest BCUT2D eigenvalue weighted by Gasteiger charge is -2.06. The molecule has 0 saturated heterocycles. The van der Waals surface area contributed by atoms with Gasteiger partial charge in [-0.25, -0.2) is 0 Å². The number of fused-ring (bicyclic) bond motifs is 1. The Morgan fingerprint density at radius 3 is 3.06 bits per heavy atom. The zero-order valence-corrected chi connectivity index (χ0v) is 10.6. The van der Waals surface area contributed by atoms with Gasteiger partial charge in [-0.05, 0) is 23.6 Å². The second-order valence-corrected chi connectivity index (χ2v) is 4.60. The van der Waals surface area contributed by atoms with Gasteiger partial charge >= 0.3 is 0 Å². The molecule has 1 heterocycles. The number of carbonyl (C=O) groups is 2. The molecule has 0 aromatic heterocycles. The predicted octanol–water partition coefficient (Wildman–Crippen LogP) is 1.99. The number of rotatable bonds is 5. The van der Waals surface area contributed by atoms with E-state index in [9.17, 15) is 9.59 Å². The van der Waals surface area contributed by atoms with Crippen LogP contribution in [0.15, 0.2) is 18.2 Å². The van der Waals surface area contributed by atoms with Crippen LogP contribution in [-0.4, -0.2) is 11.8 Å². The van der Waals surface area contributed by atoms with Crippen LogP contribution in [-0.2, 0) is 22.6 Å². The minimum Gasteiger partial charge on any atom is -0.352 e. The molecule has 2 rings (SSSR count). The van der Waals surface area contributed by atoms with E-state index >= 15 is 0 Å². The van der Waals surface area contributed by atoms with E-state index in [2.05, 4.69) is 17.6 Å². The summed E-state index contributed by atoms with van der Waals surface area (Å²) in [6, 6.07) is 5.81. The second-order valence-electron chi connectivity index (χ2n) is 4.60. The topological polar surface area (TPSA) is 58.2 Å². The fourth-order valence-corrected chi connectivity index (χ4v) is 2.02. The lowest BCUT2D eigenvalue weighted by atomic mass is 10.1. The van der Waals surface area contributed by atoms with Crippen molar-refractivity contribution in [1.82, 2.24) is 5.32 Å². The van der Waals surface area contributed by atoms with E-state index in [0.717, 1.165) is 29.7 Å². The van der Waals surface area contributed by atoms with E-state index < -0.39 is 0 Å². The summed E-state index contributed by atoms with van der Waals surface area (Å²) in [5, 5.41) is 5.68. The second kappa shape index (κ2) is 5.67. The highest BCUT2D eigenvalue weighted by molar-refractivity contribution is 5.99. The number of carbonyl (C=O) groups excluding carboxylic acids is 2. The molecule has 0 unspecified atom stereocenters. The van der Waals surface area contributed by atoms with Gasteiger partial charge in [-0.15, -0.1) is 0 Å². The van der Waals surface area contributed by atoms with Gasteiger partial charge in [0.25, 0.3) is 0 Å². The first kappa shape index (κ1) is 12.6. The van der Waals surface area contributed by atoms with E-state index in [1.165, 1.54) is 0 Å². The molecule has 0 spiro atoms. The number of hydrogen-bond acceptors (Lipinski definition) is 2. The molecule has 96 valence electrons. The first-order chi connectivity index (χ1) is 8.69. The van der Waals surface area contributed by atoms with Gasteiger partial charge in [-0.3, -0.25) is 9.59 Å². The number of nitrogens with one attached hydrogen (secondary N) is 2. The number of anilines is 1. The maximum Gasteiger partial charge on any atom is 0.228 e. The van der Waals surface area contributed by atoms with Crippen LogP contribution in [0.3, 0.4) is 0 Å². The monoisotopic (exact) mass is 246 g/mol. The normalized spacial score (nSPS) is 13.1. The van der Waals surface area contributed by atoms with Crippen molar-refractivity contribution in [2.45, 2.75) is 39.2 Å². The smallest absolute Gasteiger partial charge is 0.228 e. The van der Waals surface area contributed by atoms with Gasteiger partial charge in [0, 0.05) is 18.7 Å². The highest BCUT2D eigenvalue weighted by Gasteiger charge is 2.17. The molecule has 1 aliphatic rings. The van der Waals surface area contributed by atoms with Crippen LogP contribution in [0.25, 0.3) is 0 Å². The van der Waals surface area contributed by atoms with Crippen molar-refractivity contribution in [1.29, 1.82) is 0 Å². The first-order valence-electron chi connectivity index (χ1n) is 6.37. The van der Waals surface area contributed by atoms with Crippen LogP contribution >= 0.6 is 0 Å². The molecule has 0 aliphatic carbocycles. The SMILES string of the molecule is CCCCC(=O)NCc1ccc2c(c1)CC(=O)N2. The number of amides is 2. The number of hydrogen-bond donors (Lipinski definition) is 2. The summed E-state index contributed by atoms with van der Waals surface area (Å²) in [6.07, 6.45) is 2.98. The zero-order chi connectivity index (χ0) is 13.0. The molecular weight excluding hydrogens is 228 g/mol. The standard InChI is InChI=1S/C14H18N2O2/c1-2-3-4-13(17)15-9-10-5-6-12-11(7-10)8-14(18)16-12/h5-7H,2-4,8-9H2,1H3,(H,15,17)(H,16,18). The molecule has 1 aromatic rings. The van der Waals surface area contributed by atoms with Gasteiger partial charge in [0.2, 0.25) is 11.8 Å². The largest absolute Gasteiger partial charge is 0.352 e. The zero-order valence-electron chi connectivity index (χ0n) is 10.6. The van der Waals surface area contributed by atoms with E-state index in [4.69, 9.17) is 0 Å². The molecule has 4 heteroatoms. The average molecular weight is 246 g/mol. The predicted molar refractivity (Wildman–Crippen MR) is 70.1 cm³/mol. The third-order valence-electron chi connectivity index (χ3n) is 3.04. The van der Waals surface area contributed by atoms with Gasteiger partial charge < -0.3 is 10.6 Å². The third-order valence-corrected chi connectivity index (χ3v) is 3.04. The van der Waals surface area contributed by atoms with E-state index in [1.807, 2.05) is 18.2 Å². The average Bonchev–Trinajstić information content (AvgIpc) is 2.73. The molecular formula is C14H18N2O2. The molecule has 0 saturated carbocycles. The Morgan fingerprint density at radius 1 is 1.44 bits per heavy atom. The highest BCUT2D eigenvalue weighted by atomic mass is 16.2. The van der Waals surface area contributed by atoms with Gasteiger partial charge in [0.05, 0.1) is 6.42 Å². The molecule has 0 fully saturated rings. The molecule has 4 nitrogen and oxygen atoms in total. The van der Waals surface area contributed by atoms with Crippen molar-refractivity contribution in [3.8, 4) is 0 Å². The van der Waals surface area contributed by atoms with Crippen LogP contribution in [0.5, 0.6) is 0 Å². The van der Waals surface area contributed by atoms with Crippen LogP contribution in [0.2, 0.25) is 0 Å². The summed E-state index contributed by atoms with van der Waals surface area (Å²) < 4.78 is 0. The van der Waals surface area contributed by atoms with E-state index in [1.54, 1.807) is 0 Å². The van der Waals surface area contributed by atoms with Gasteiger partial charge in [0.15, 0.2) is 0 Å². The first-order valence-corrected chi connectivity index (χ1v) is 6.37. The van der Waals surface area contributed by atoms with Crippen LogP contribution in [0.4, 0.5) is 5.69 Å². The van der Waals surface area contributed by atoms with Crippen LogP contribution < -0.4 is 10.6 Å². The van der Waals surface area contributed by atoms with Crippen molar-refractivity contribution in [3.05, 3.63) is 29.3 Å². The molecule has 0 bridgehead atoms.